The van der Waals surface area contributed by atoms with Crippen LogP contribution in [0.2, 0.25) is 0 Å². The molecule has 2 heterocycles. The van der Waals surface area contributed by atoms with Crippen LogP contribution in [0.4, 0.5) is 5.69 Å². The summed E-state index contributed by atoms with van der Waals surface area (Å²) in [4.78, 5) is 14.5. The maximum atomic E-state index is 12.3. The van der Waals surface area contributed by atoms with E-state index in [2.05, 4.69) is 53.4 Å². The fraction of sp³-hybridized carbons (Fsp3) is 0.409. The van der Waals surface area contributed by atoms with Crippen molar-refractivity contribution in [2.45, 2.75) is 32.0 Å². The lowest BCUT2D eigenvalue weighted by molar-refractivity contribution is -0.118. The van der Waals surface area contributed by atoms with Crippen molar-refractivity contribution in [2.24, 2.45) is 5.92 Å². The number of aromatic nitrogens is 3. The van der Waals surface area contributed by atoms with Gasteiger partial charge in [0.1, 0.15) is 0 Å². The van der Waals surface area contributed by atoms with Crippen LogP contribution in [0.5, 0.6) is 0 Å². The number of nitrogens with zero attached hydrogens (tertiary/aromatic N) is 4. The van der Waals surface area contributed by atoms with Gasteiger partial charge in [0.15, 0.2) is 16.7 Å². The zero-order valence-electron chi connectivity index (χ0n) is 17.7. The topological polar surface area (TPSA) is 76.2 Å². The van der Waals surface area contributed by atoms with Crippen molar-refractivity contribution in [1.82, 2.24) is 20.1 Å². The van der Waals surface area contributed by atoms with Gasteiger partial charge in [-0.15, -0.1) is 10.2 Å². The van der Waals surface area contributed by atoms with Crippen molar-refractivity contribution in [3.8, 4) is 11.6 Å². The first-order valence-corrected chi connectivity index (χ1v) is 11.2. The van der Waals surface area contributed by atoms with E-state index in [1.165, 1.54) is 17.4 Å². The Morgan fingerprint density at radius 1 is 1.20 bits per heavy atom. The Morgan fingerprint density at radius 3 is 2.70 bits per heavy atom. The summed E-state index contributed by atoms with van der Waals surface area (Å²) < 4.78 is 7.51. The van der Waals surface area contributed by atoms with Crippen LogP contribution < -0.4 is 10.2 Å². The molecule has 0 saturated heterocycles. The predicted molar refractivity (Wildman–Crippen MR) is 121 cm³/mol. The first-order chi connectivity index (χ1) is 14.5. The minimum Gasteiger partial charge on any atom is -0.461 e. The average Bonchev–Trinajstić information content (AvgIpc) is 3.40. The van der Waals surface area contributed by atoms with Crippen LogP contribution >= 0.6 is 11.8 Å². The van der Waals surface area contributed by atoms with Crippen molar-refractivity contribution in [3.63, 3.8) is 0 Å². The van der Waals surface area contributed by atoms with Gasteiger partial charge in [-0.05, 0) is 36.6 Å². The number of furan rings is 1. The molecule has 0 radical (unpaired) electrons. The number of anilines is 1. The van der Waals surface area contributed by atoms with Crippen LogP contribution in [0.25, 0.3) is 11.6 Å². The molecule has 1 amide bonds. The molecule has 160 valence electrons. The Morgan fingerprint density at radius 2 is 2.00 bits per heavy atom. The Labute approximate surface area is 181 Å². The normalized spacial score (nSPS) is 11.1. The van der Waals surface area contributed by atoms with E-state index < -0.39 is 0 Å². The van der Waals surface area contributed by atoms with Crippen molar-refractivity contribution in [1.29, 1.82) is 0 Å². The molecule has 1 aromatic carbocycles. The molecule has 0 unspecified atom stereocenters. The van der Waals surface area contributed by atoms with Gasteiger partial charge in [-0.25, -0.2) is 0 Å². The SMILES string of the molecule is CC(C)Cn1c(SCC(=O)NCCCN(C)c2ccccc2)nnc1-c1ccco1. The smallest absolute Gasteiger partial charge is 0.230 e. The molecule has 8 heteroatoms. The second-order valence-corrected chi connectivity index (χ2v) is 8.48. The molecule has 7 nitrogen and oxygen atoms in total. The molecule has 3 aromatic rings. The van der Waals surface area contributed by atoms with E-state index in [1.807, 2.05) is 34.9 Å². The Balaban J connectivity index is 1.46. The Kier molecular flexibility index (Phi) is 7.96. The monoisotopic (exact) mass is 427 g/mol. The Bertz CT molecular complexity index is 909. The molecule has 0 aliphatic carbocycles. The molecular formula is C22H29N5O2S. The molecule has 0 atom stereocenters. The summed E-state index contributed by atoms with van der Waals surface area (Å²) in [5, 5.41) is 12.3. The minimum absolute atomic E-state index is 0.000935. The maximum Gasteiger partial charge on any atom is 0.230 e. The molecule has 2 aromatic heterocycles. The number of thioether (sulfide) groups is 1. The first-order valence-electron chi connectivity index (χ1n) is 10.2. The van der Waals surface area contributed by atoms with Gasteiger partial charge in [0.2, 0.25) is 5.91 Å². The lowest BCUT2D eigenvalue weighted by atomic mass is 10.2. The van der Waals surface area contributed by atoms with Crippen molar-refractivity contribution >= 4 is 23.4 Å². The highest BCUT2D eigenvalue weighted by atomic mass is 32.2. The third kappa shape index (κ3) is 6.13. The molecule has 3 rings (SSSR count). The molecular weight excluding hydrogens is 398 g/mol. The highest BCUT2D eigenvalue weighted by molar-refractivity contribution is 7.99. The average molecular weight is 428 g/mol. The summed E-state index contributed by atoms with van der Waals surface area (Å²) in [5.41, 5.74) is 1.18. The summed E-state index contributed by atoms with van der Waals surface area (Å²) in [6.45, 7) is 6.57. The van der Waals surface area contributed by atoms with Crippen molar-refractivity contribution < 1.29 is 9.21 Å². The quantitative estimate of drug-likeness (QED) is 0.369. The number of carbonyl (C=O) groups excluding carboxylic acids is 1. The Hall–Kier alpha value is -2.74. The van der Waals surface area contributed by atoms with Gasteiger partial charge >= 0.3 is 0 Å². The molecule has 0 fully saturated rings. The molecule has 0 aliphatic heterocycles. The number of nitrogens with one attached hydrogen (secondary N) is 1. The maximum absolute atomic E-state index is 12.3. The van der Waals surface area contributed by atoms with Crippen LogP contribution in [-0.2, 0) is 11.3 Å². The molecule has 0 saturated carbocycles. The third-order valence-electron chi connectivity index (χ3n) is 4.53. The van der Waals surface area contributed by atoms with Gasteiger partial charge in [-0.2, -0.15) is 0 Å². The standard InChI is InChI=1S/C22H29N5O2S/c1-17(2)15-27-21(19-11-7-14-29-19)24-25-22(27)30-16-20(28)23-12-8-13-26(3)18-9-5-4-6-10-18/h4-7,9-11,14,17H,8,12-13,15-16H2,1-3H3,(H,23,28). The largest absolute Gasteiger partial charge is 0.461 e. The van der Waals surface area contributed by atoms with Crippen LogP contribution in [0.1, 0.15) is 20.3 Å². The molecule has 30 heavy (non-hydrogen) atoms. The van der Waals surface area contributed by atoms with Crippen LogP contribution in [0.15, 0.2) is 58.3 Å². The summed E-state index contributed by atoms with van der Waals surface area (Å²) in [7, 11) is 2.06. The van der Waals surface area contributed by atoms with E-state index in [0.717, 1.165) is 24.7 Å². The van der Waals surface area contributed by atoms with Crippen molar-refractivity contribution in [3.05, 3.63) is 48.7 Å². The van der Waals surface area contributed by atoms with E-state index in [-0.39, 0.29) is 5.91 Å². The fourth-order valence-corrected chi connectivity index (χ4v) is 3.83. The highest BCUT2D eigenvalue weighted by Gasteiger charge is 2.18. The van der Waals surface area contributed by atoms with Gasteiger partial charge in [-0.3, -0.25) is 9.36 Å². The number of rotatable bonds is 11. The highest BCUT2D eigenvalue weighted by Crippen LogP contribution is 2.25. The van der Waals surface area contributed by atoms with Gasteiger partial charge in [-0.1, -0.05) is 43.8 Å². The lowest BCUT2D eigenvalue weighted by Crippen LogP contribution is -2.29. The first kappa shape index (κ1) is 22.0. The van der Waals surface area contributed by atoms with E-state index in [9.17, 15) is 4.79 Å². The molecule has 0 spiro atoms. The van der Waals surface area contributed by atoms with Crippen LogP contribution in [-0.4, -0.2) is 46.6 Å². The van der Waals surface area contributed by atoms with Gasteiger partial charge < -0.3 is 14.6 Å². The second kappa shape index (κ2) is 10.9. The lowest BCUT2D eigenvalue weighted by Gasteiger charge is -2.19. The molecule has 1 N–H and O–H groups in total. The zero-order chi connectivity index (χ0) is 21.3. The van der Waals surface area contributed by atoms with Gasteiger partial charge in [0, 0.05) is 32.4 Å². The van der Waals surface area contributed by atoms with E-state index in [4.69, 9.17) is 4.42 Å². The number of amides is 1. The predicted octanol–water partition coefficient (Wildman–Crippen LogP) is 3.93. The minimum atomic E-state index is 0.000935. The third-order valence-corrected chi connectivity index (χ3v) is 5.49. The van der Waals surface area contributed by atoms with Crippen LogP contribution in [0.3, 0.4) is 0 Å². The van der Waals surface area contributed by atoms with E-state index >= 15 is 0 Å². The molecule has 0 bridgehead atoms. The fourth-order valence-electron chi connectivity index (χ4n) is 3.05. The van der Waals surface area contributed by atoms with Crippen LogP contribution in [0, 0.1) is 5.92 Å². The van der Waals surface area contributed by atoms with Gasteiger partial charge in [0.25, 0.3) is 0 Å². The summed E-state index contributed by atoms with van der Waals surface area (Å²) in [6, 6.07) is 13.9. The van der Waals surface area contributed by atoms with E-state index in [0.29, 0.717) is 29.8 Å². The summed E-state index contributed by atoms with van der Waals surface area (Å²) in [5.74, 6) is 2.11. The zero-order valence-corrected chi connectivity index (χ0v) is 18.6. The summed E-state index contributed by atoms with van der Waals surface area (Å²) in [6.07, 6.45) is 2.51. The van der Waals surface area contributed by atoms with Crippen molar-refractivity contribution in [2.75, 3.05) is 30.8 Å². The molecule has 0 aliphatic rings. The summed E-state index contributed by atoms with van der Waals surface area (Å²) >= 11 is 1.40. The second-order valence-electron chi connectivity index (χ2n) is 7.54. The number of carbonyl (C=O) groups is 1. The number of hydrogen-bond acceptors (Lipinski definition) is 6. The number of para-hydroxylation sites is 1. The van der Waals surface area contributed by atoms with Gasteiger partial charge in [0.05, 0.1) is 12.0 Å². The number of hydrogen-bond donors (Lipinski definition) is 1. The number of benzene rings is 1. The van der Waals surface area contributed by atoms with E-state index in [1.54, 1.807) is 6.26 Å².